The maximum Gasteiger partial charge on any atom is 0.319 e. The lowest BCUT2D eigenvalue weighted by atomic mass is 9.88. The molecule has 172 valence electrons. The molecule has 3 N–H and O–H groups in total. The first-order valence-electron chi connectivity index (χ1n) is 11.6. The van der Waals surface area contributed by atoms with E-state index in [2.05, 4.69) is 20.9 Å². The van der Waals surface area contributed by atoms with E-state index in [4.69, 9.17) is 0 Å². The topological polar surface area (TPSA) is 56.4 Å². The van der Waals surface area contributed by atoms with Crippen LogP contribution in [0.5, 0.6) is 0 Å². The predicted octanol–water partition coefficient (Wildman–Crippen LogP) is 4.02. The summed E-state index contributed by atoms with van der Waals surface area (Å²) in [6, 6.07) is 12.4. The first-order valence-corrected chi connectivity index (χ1v) is 11.6. The van der Waals surface area contributed by atoms with Crippen LogP contribution in [0.2, 0.25) is 0 Å². The molecule has 0 spiro atoms. The van der Waals surface area contributed by atoms with E-state index in [0.717, 1.165) is 45.6 Å². The lowest BCUT2D eigenvalue weighted by Crippen LogP contribution is -2.55. The maximum atomic E-state index is 13.2. The van der Waals surface area contributed by atoms with Gasteiger partial charge in [-0.2, -0.15) is 0 Å². The van der Waals surface area contributed by atoms with Crippen molar-refractivity contribution < 1.29 is 13.6 Å². The van der Waals surface area contributed by atoms with Gasteiger partial charge in [0.15, 0.2) is 0 Å². The van der Waals surface area contributed by atoms with Gasteiger partial charge < -0.3 is 20.9 Å². The predicted molar refractivity (Wildman–Crippen MR) is 123 cm³/mol. The summed E-state index contributed by atoms with van der Waals surface area (Å²) in [4.78, 5) is 15.0. The SMILES string of the molecule is O=C(Nc1ccc(F)cc1)N[C@H]1CNCC[C@H]1CN1CCCC(Cc2ccc(F)cc2)C1. The summed E-state index contributed by atoms with van der Waals surface area (Å²) in [5.41, 5.74) is 1.76. The summed E-state index contributed by atoms with van der Waals surface area (Å²) in [5.74, 6) is 0.433. The molecule has 1 unspecified atom stereocenters. The molecule has 0 aromatic heterocycles. The van der Waals surface area contributed by atoms with Crippen molar-refractivity contribution in [2.75, 3.05) is 38.0 Å². The molecule has 5 nitrogen and oxygen atoms in total. The monoisotopic (exact) mass is 442 g/mol. The number of amides is 2. The van der Waals surface area contributed by atoms with E-state index in [1.165, 1.54) is 42.7 Å². The van der Waals surface area contributed by atoms with Crippen molar-refractivity contribution in [3.05, 3.63) is 65.7 Å². The summed E-state index contributed by atoms with van der Waals surface area (Å²) >= 11 is 0. The van der Waals surface area contributed by atoms with Crippen LogP contribution >= 0.6 is 0 Å². The minimum Gasteiger partial charge on any atom is -0.334 e. The first-order chi connectivity index (χ1) is 15.5. The molecule has 2 saturated heterocycles. The number of likely N-dealkylation sites (tertiary alicyclic amines) is 1. The van der Waals surface area contributed by atoms with Crippen LogP contribution in [-0.4, -0.2) is 49.7 Å². The second kappa shape index (κ2) is 10.9. The van der Waals surface area contributed by atoms with Gasteiger partial charge in [0, 0.05) is 31.4 Å². The molecule has 0 aliphatic carbocycles. The number of anilines is 1. The highest BCUT2D eigenvalue weighted by molar-refractivity contribution is 5.89. The summed E-state index contributed by atoms with van der Waals surface area (Å²) in [7, 11) is 0. The van der Waals surface area contributed by atoms with Crippen LogP contribution < -0.4 is 16.0 Å². The molecular formula is C25H32F2N4O. The van der Waals surface area contributed by atoms with E-state index < -0.39 is 0 Å². The third-order valence-corrected chi connectivity index (χ3v) is 6.58. The van der Waals surface area contributed by atoms with Crippen LogP contribution in [0.3, 0.4) is 0 Å². The average Bonchev–Trinajstić information content (AvgIpc) is 2.79. The van der Waals surface area contributed by atoms with Gasteiger partial charge in [-0.05, 0) is 92.6 Å². The van der Waals surface area contributed by atoms with Gasteiger partial charge in [-0.3, -0.25) is 0 Å². The molecule has 2 aliphatic rings. The van der Waals surface area contributed by atoms with E-state index in [1.807, 2.05) is 12.1 Å². The normalized spacial score (nSPS) is 24.1. The van der Waals surface area contributed by atoms with Gasteiger partial charge in [-0.1, -0.05) is 12.1 Å². The highest BCUT2D eigenvalue weighted by atomic mass is 19.1. The number of piperidine rings is 2. The molecule has 2 aromatic carbocycles. The Balaban J connectivity index is 1.29. The number of carbonyl (C=O) groups is 1. The van der Waals surface area contributed by atoms with E-state index in [-0.39, 0.29) is 23.7 Å². The van der Waals surface area contributed by atoms with Crippen LogP contribution in [0.4, 0.5) is 19.3 Å². The molecule has 3 atom stereocenters. The molecular weight excluding hydrogens is 410 g/mol. The van der Waals surface area contributed by atoms with Crippen LogP contribution in [0, 0.1) is 23.5 Å². The lowest BCUT2D eigenvalue weighted by Gasteiger charge is -2.39. The second-order valence-electron chi connectivity index (χ2n) is 9.06. The van der Waals surface area contributed by atoms with Crippen molar-refractivity contribution in [2.24, 2.45) is 11.8 Å². The zero-order valence-corrected chi connectivity index (χ0v) is 18.3. The Hall–Kier alpha value is -2.51. The van der Waals surface area contributed by atoms with Crippen molar-refractivity contribution >= 4 is 11.7 Å². The summed E-state index contributed by atoms with van der Waals surface area (Å²) in [6.45, 7) is 4.78. The molecule has 2 heterocycles. The number of hydrogen-bond donors (Lipinski definition) is 3. The standard InChI is InChI=1S/C25H32F2N4O/c26-21-5-3-18(4-6-21)14-19-2-1-13-31(16-19)17-20-11-12-28-15-24(20)30-25(32)29-23-9-7-22(27)8-10-23/h3-10,19-20,24,28H,1-2,11-17H2,(H2,29,30,32)/t19?,20-,24-/m0/s1. The zero-order valence-electron chi connectivity index (χ0n) is 18.3. The van der Waals surface area contributed by atoms with E-state index in [0.29, 0.717) is 17.5 Å². The number of hydrogen-bond acceptors (Lipinski definition) is 3. The average molecular weight is 443 g/mol. The number of nitrogens with one attached hydrogen (secondary N) is 3. The Kier molecular flexibility index (Phi) is 7.71. The highest BCUT2D eigenvalue weighted by Crippen LogP contribution is 2.24. The minimum atomic E-state index is -0.327. The number of benzene rings is 2. The Bertz CT molecular complexity index is 875. The number of carbonyl (C=O) groups excluding carboxylic acids is 1. The fraction of sp³-hybridized carbons (Fsp3) is 0.480. The Labute approximate surface area is 188 Å². The Morgan fingerprint density at radius 3 is 2.50 bits per heavy atom. The Morgan fingerprint density at radius 2 is 1.75 bits per heavy atom. The maximum absolute atomic E-state index is 13.2. The number of nitrogens with zero attached hydrogens (tertiary/aromatic N) is 1. The zero-order chi connectivity index (χ0) is 22.3. The molecule has 7 heteroatoms. The summed E-state index contributed by atoms with van der Waals surface area (Å²) in [6.07, 6.45) is 4.35. The van der Waals surface area contributed by atoms with Gasteiger partial charge in [0.05, 0.1) is 0 Å². The molecule has 0 radical (unpaired) electrons. The van der Waals surface area contributed by atoms with Crippen LogP contribution in [0.15, 0.2) is 48.5 Å². The molecule has 0 bridgehead atoms. The number of rotatable bonds is 6. The largest absolute Gasteiger partial charge is 0.334 e. The van der Waals surface area contributed by atoms with Crippen LogP contribution in [0.25, 0.3) is 0 Å². The van der Waals surface area contributed by atoms with Crippen molar-refractivity contribution in [1.29, 1.82) is 0 Å². The summed E-state index contributed by atoms with van der Waals surface area (Å²) < 4.78 is 26.3. The van der Waals surface area contributed by atoms with Crippen molar-refractivity contribution in [1.82, 2.24) is 15.5 Å². The van der Waals surface area contributed by atoms with Gasteiger partial charge in [-0.15, -0.1) is 0 Å². The number of urea groups is 1. The fourth-order valence-electron chi connectivity index (χ4n) is 4.94. The molecule has 2 aromatic rings. The van der Waals surface area contributed by atoms with Crippen molar-refractivity contribution in [3.8, 4) is 0 Å². The quantitative estimate of drug-likeness (QED) is 0.634. The first kappa shape index (κ1) is 22.7. The van der Waals surface area contributed by atoms with E-state index in [9.17, 15) is 13.6 Å². The van der Waals surface area contributed by atoms with Crippen LogP contribution in [-0.2, 0) is 6.42 Å². The summed E-state index contributed by atoms with van der Waals surface area (Å²) in [5, 5.41) is 9.29. The third kappa shape index (κ3) is 6.50. The third-order valence-electron chi connectivity index (χ3n) is 6.58. The second-order valence-corrected chi connectivity index (χ2v) is 9.06. The van der Waals surface area contributed by atoms with Crippen molar-refractivity contribution in [2.45, 2.75) is 31.7 Å². The number of halogens is 2. The van der Waals surface area contributed by atoms with Crippen molar-refractivity contribution in [3.63, 3.8) is 0 Å². The Morgan fingerprint density at radius 1 is 1.03 bits per heavy atom. The van der Waals surface area contributed by atoms with Crippen LogP contribution in [0.1, 0.15) is 24.8 Å². The molecule has 4 rings (SSSR count). The molecule has 2 amide bonds. The molecule has 2 fully saturated rings. The van der Waals surface area contributed by atoms with Gasteiger partial charge in [0.25, 0.3) is 0 Å². The van der Waals surface area contributed by atoms with Gasteiger partial charge in [0.1, 0.15) is 11.6 Å². The van der Waals surface area contributed by atoms with E-state index in [1.54, 1.807) is 12.1 Å². The van der Waals surface area contributed by atoms with Gasteiger partial charge in [-0.25, -0.2) is 13.6 Å². The molecule has 32 heavy (non-hydrogen) atoms. The lowest BCUT2D eigenvalue weighted by molar-refractivity contribution is 0.126. The highest BCUT2D eigenvalue weighted by Gasteiger charge is 2.30. The van der Waals surface area contributed by atoms with E-state index >= 15 is 0 Å². The molecule has 2 aliphatic heterocycles. The minimum absolute atomic E-state index is 0.0432. The molecule has 0 saturated carbocycles. The van der Waals surface area contributed by atoms with Gasteiger partial charge in [0.2, 0.25) is 0 Å². The fourth-order valence-corrected chi connectivity index (χ4v) is 4.94. The van der Waals surface area contributed by atoms with Gasteiger partial charge >= 0.3 is 6.03 Å². The smallest absolute Gasteiger partial charge is 0.319 e.